The van der Waals surface area contributed by atoms with Crippen molar-refractivity contribution in [1.29, 1.82) is 0 Å². The van der Waals surface area contributed by atoms with Crippen LogP contribution in [0.2, 0.25) is 0 Å². The summed E-state index contributed by atoms with van der Waals surface area (Å²) in [6.07, 6.45) is 3.82. The minimum absolute atomic E-state index is 0.171. The number of esters is 1. The second-order valence-corrected chi connectivity index (χ2v) is 11.1. The second kappa shape index (κ2) is 9.51. The molecule has 0 aromatic heterocycles. The van der Waals surface area contributed by atoms with Gasteiger partial charge >= 0.3 is 5.97 Å². The summed E-state index contributed by atoms with van der Waals surface area (Å²) in [4.78, 5) is 25.9. The maximum Gasteiger partial charge on any atom is 0.331 e. The highest BCUT2D eigenvalue weighted by Crippen LogP contribution is 2.34. The van der Waals surface area contributed by atoms with Gasteiger partial charge in [-0.1, -0.05) is 18.9 Å². The van der Waals surface area contributed by atoms with Crippen LogP contribution in [-0.2, 0) is 24.3 Å². The quantitative estimate of drug-likeness (QED) is 0.652. The maximum absolute atomic E-state index is 13.5. The summed E-state index contributed by atoms with van der Waals surface area (Å²) < 4.78 is 33.7. The maximum atomic E-state index is 13.5. The van der Waals surface area contributed by atoms with Crippen molar-refractivity contribution < 1.29 is 22.7 Å². The van der Waals surface area contributed by atoms with Crippen LogP contribution in [0.4, 0.5) is 0 Å². The number of sulfonamides is 1. The van der Waals surface area contributed by atoms with E-state index in [1.165, 1.54) is 4.31 Å². The first kappa shape index (κ1) is 24.7. The van der Waals surface area contributed by atoms with Crippen LogP contribution >= 0.6 is 0 Å². The number of hydrogen-bond acceptors (Lipinski definition) is 5. The van der Waals surface area contributed by atoms with Gasteiger partial charge in [-0.2, -0.15) is 4.31 Å². The molecule has 1 N–H and O–H groups in total. The van der Waals surface area contributed by atoms with Crippen LogP contribution in [0.15, 0.2) is 11.0 Å². The van der Waals surface area contributed by atoms with Gasteiger partial charge in [-0.05, 0) is 82.6 Å². The molecule has 0 atom stereocenters. The van der Waals surface area contributed by atoms with Crippen LogP contribution in [-0.4, -0.2) is 49.8 Å². The van der Waals surface area contributed by atoms with Crippen LogP contribution in [0.3, 0.4) is 0 Å². The summed E-state index contributed by atoms with van der Waals surface area (Å²) in [5, 5.41) is 2.98. The molecule has 3 rings (SSSR count). The molecule has 0 spiro atoms. The topological polar surface area (TPSA) is 92.8 Å². The zero-order valence-electron chi connectivity index (χ0n) is 19.9. The highest BCUT2D eigenvalue weighted by molar-refractivity contribution is 7.89. The third-order valence-corrected chi connectivity index (χ3v) is 9.38. The lowest BCUT2D eigenvalue weighted by Gasteiger charge is -2.34. The molecule has 178 valence electrons. The number of nitrogens with one attached hydrogen (secondary N) is 1. The molecule has 1 saturated carbocycles. The Bertz CT molecular complexity index is 962. The average Bonchev–Trinajstić information content (AvgIpc) is 3.22. The third-order valence-electron chi connectivity index (χ3n) is 7.21. The first-order valence-electron chi connectivity index (χ1n) is 11.6. The van der Waals surface area contributed by atoms with Gasteiger partial charge in [0.05, 0.1) is 11.5 Å². The van der Waals surface area contributed by atoms with Crippen molar-refractivity contribution >= 4 is 21.9 Å². The summed E-state index contributed by atoms with van der Waals surface area (Å²) in [5.41, 5.74) is 2.56. The zero-order chi connectivity index (χ0) is 23.7. The number of piperidine rings is 1. The molecule has 8 heteroatoms. The van der Waals surface area contributed by atoms with Crippen molar-refractivity contribution in [2.24, 2.45) is 5.92 Å². The van der Waals surface area contributed by atoms with Gasteiger partial charge in [0.25, 0.3) is 0 Å². The van der Waals surface area contributed by atoms with Crippen molar-refractivity contribution in [2.45, 2.75) is 83.6 Å². The van der Waals surface area contributed by atoms with E-state index in [1.54, 1.807) is 6.92 Å². The summed E-state index contributed by atoms with van der Waals surface area (Å²) >= 11 is 0. The van der Waals surface area contributed by atoms with Gasteiger partial charge in [-0.15, -0.1) is 0 Å². The highest BCUT2D eigenvalue weighted by Gasteiger charge is 2.45. The third kappa shape index (κ3) is 4.57. The van der Waals surface area contributed by atoms with Crippen LogP contribution < -0.4 is 5.32 Å². The monoisotopic (exact) mass is 464 g/mol. The SMILES string of the molecule is CCOC(=O)C1(NC(=O)C2CCN(S(=O)(=O)c3c(C)c(C)cc(C)c3C)CC2)CCCC1. The summed E-state index contributed by atoms with van der Waals surface area (Å²) in [6.45, 7) is 10.2. The van der Waals surface area contributed by atoms with E-state index in [-0.39, 0.29) is 24.4 Å². The van der Waals surface area contributed by atoms with Crippen LogP contribution in [0, 0.1) is 33.6 Å². The van der Waals surface area contributed by atoms with Gasteiger partial charge in [0, 0.05) is 19.0 Å². The molecule has 0 unspecified atom stereocenters. The van der Waals surface area contributed by atoms with Crippen molar-refractivity contribution in [3.63, 3.8) is 0 Å². The lowest BCUT2D eigenvalue weighted by Crippen LogP contribution is -2.56. The Hall–Kier alpha value is -1.93. The molecule has 1 aliphatic heterocycles. The fourth-order valence-corrected chi connectivity index (χ4v) is 7.07. The predicted molar refractivity (Wildman–Crippen MR) is 123 cm³/mol. The van der Waals surface area contributed by atoms with Crippen LogP contribution in [0.25, 0.3) is 0 Å². The average molecular weight is 465 g/mol. The van der Waals surface area contributed by atoms with E-state index in [4.69, 9.17) is 4.74 Å². The number of carbonyl (C=O) groups excluding carboxylic acids is 2. The Morgan fingerprint density at radius 2 is 1.59 bits per heavy atom. The Morgan fingerprint density at radius 3 is 2.09 bits per heavy atom. The highest BCUT2D eigenvalue weighted by atomic mass is 32.2. The molecule has 1 aliphatic carbocycles. The van der Waals surface area contributed by atoms with Gasteiger partial charge in [0.2, 0.25) is 15.9 Å². The largest absolute Gasteiger partial charge is 0.464 e. The number of rotatable bonds is 6. The molecule has 1 aromatic rings. The molecular weight excluding hydrogens is 428 g/mol. The Morgan fingerprint density at radius 1 is 1.06 bits per heavy atom. The number of carbonyl (C=O) groups is 2. The molecule has 1 aromatic carbocycles. The number of hydrogen-bond donors (Lipinski definition) is 1. The van der Waals surface area contributed by atoms with Gasteiger partial charge in [0.15, 0.2) is 0 Å². The minimum atomic E-state index is -3.65. The lowest BCUT2D eigenvalue weighted by molar-refractivity contribution is -0.153. The predicted octanol–water partition coefficient (Wildman–Crippen LogP) is 3.31. The second-order valence-electron chi connectivity index (χ2n) is 9.27. The van der Waals surface area contributed by atoms with Crippen molar-refractivity contribution in [1.82, 2.24) is 9.62 Å². The number of amides is 1. The van der Waals surface area contributed by atoms with E-state index in [0.29, 0.717) is 43.7 Å². The number of benzene rings is 1. The van der Waals surface area contributed by atoms with Gasteiger partial charge in [0.1, 0.15) is 5.54 Å². The normalized spacial score (nSPS) is 19.7. The summed E-state index contributed by atoms with van der Waals surface area (Å²) in [5.74, 6) is -0.836. The van der Waals surface area contributed by atoms with Crippen molar-refractivity contribution in [2.75, 3.05) is 19.7 Å². The number of ether oxygens (including phenoxy) is 1. The zero-order valence-corrected chi connectivity index (χ0v) is 20.7. The molecule has 2 aliphatic rings. The standard InChI is InChI=1S/C24H36N2O5S/c1-6-31-23(28)24(11-7-8-12-24)25-22(27)20-9-13-26(14-10-20)32(29,30)21-18(4)16(2)15-17(3)19(21)5/h15,20H,6-14H2,1-5H3,(H,25,27). The van der Waals surface area contributed by atoms with Gasteiger partial charge in [-0.3, -0.25) is 4.79 Å². The van der Waals surface area contributed by atoms with Crippen molar-refractivity contribution in [3.05, 3.63) is 28.3 Å². The first-order chi connectivity index (χ1) is 15.0. The molecular formula is C24H36N2O5S. The number of aryl methyl sites for hydroxylation is 2. The summed E-state index contributed by atoms with van der Waals surface area (Å²) in [6, 6.07) is 2.02. The fourth-order valence-electron chi connectivity index (χ4n) is 5.02. The first-order valence-corrected chi connectivity index (χ1v) is 13.0. The van der Waals surface area contributed by atoms with Gasteiger partial charge in [-0.25, -0.2) is 13.2 Å². The molecule has 1 saturated heterocycles. The van der Waals surface area contributed by atoms with Gasteiger partial charge < -0.3 is 10.1 Å². The minimum Gasteiger partial charge on any atom is -0.464 e. The fraction of sp³-hybridized carbons (Fsp3) is 0.667. The van der Waals surface area contributed by atoms with E-state index >= 15 is 0 Å². The van der Waals surface area contributed by atoms with E-state index in [9.17, 15) is 18.0 Å². The Labute approximate surface area is 191 Å². The van der Waals surface area contributed by atoms with E-state index in [2.05, 4.69) is 5.32 Å². The van der Waals surface area contributed by atoms with E-state index in [1.807, 2.05) is 33.8 Å². The molecule has 1 amide bonds. The van der Waals surface area contributed by atoms with Crippen LogP contribution in [0.5, 0.6) is 0 Å². The smallest absolute Gasteiger partial charge is 0.331 e. The molecule has 2 fully saturated rings. The molecule has 7 nitrogen and oxygen atoms in total. The molecule has 0 bridgehead atoms. The lowest BCUT2D eigenvalue weighted by atomic mass is 9.92. The van der Waals surface area contributed by atoms with Crippen molar-refractivity contribution in [3.8, 4) is 0 Å². The molecule has 1 heterocycles. The number of nitrogens with zero attached hydrogens (tertiary/aromatic N) is 1. The Kier molecular flexibility index (Phi) is 7.34. The Balaban J connectivity index is 1.71. The molecule has 0 radical (unpaired) electrons. The van der Waals surface area contributed by atoms with E-state index < -0.39 is 15.6 Å². The van der Waals surface area contributed by atoms with E-state index in [0.717, 1.165) is 35.1 Å². The summed E-state index contributed by atoms with van der Waals surface area (Å²) in [7, 11) is -3.65. The van der Waals surface area contributed by atoms with Crippen LogP contribution in [0.1, 0.15) is 67.7 Å². The molecule has 32 heavy (non-hydrogen) atoms.